The predicted octanol–water partition coefficient (Wildman–Crippen LogP) is 3.74. The second-order valence-corrected chi connectivity index (χ2v) is 6.66. The van der Waals surface area contributed by atoms with Gasteiger partial charge in [-0.1, -0.05) is 61.0 Å². The Morgan fingerprint density at radius 2 is 1.69 bits per heavy atom. The van der Waals surface area contributed by atoms with Gasteiger partial charge in [0, 0.05) is 18.6 Å². The first-order chi connectivity index (χ1) is 12.5. The molecule has 1 N–H and O–H groups in total. The molecule has 2 aromatic rings. The molecule has 0 aromatic heterocycles. The smallest absolute Gasteiger partial charge is 0.242 e. The van der Waals surface area contributed by atoms with Crippen LogP contribution in [0, 0.1) is 6.92 Å². The normalized spacial score (nSPS) is 11.7. The van der Waals surface area contributed by atoms with Crippen LogP contribution in [0.4, 0.5) is 0 Å². The zero-order valence-electron chi connectivity index (χ0n) is 15.5. The van der Waals surface area contributed by atoms with E-state index in [2.05, 4.69) is 5.32 Å². The first kappa shape index (κ1) is 20.0. The van der Waals surface area contributed by atoms with E-state index in [0.717, 1.165) is 16.7 Å². The van der Waals surface area contributed by atoms with Crippen molar-refractivity contribution in [2.24, 2.45) is 0 Å². The quantitative estimate of drug-likeness (QED) is 0.804. The number of benzene rings is 2. The van der Waals surface area contributed by atoms with E-state index in [1.165, 1.54) is 0 Å². The Hall–Kier alpha value is -2.33. The number of carbonyl (C=O) groups is 2. The van der Waals surface area contributed by atoms with E-state index >= 15 is 0 Å². The molecule has 0 saturated heterocycles. The molecular weight excluding hydrogens is 348 g/mol. The summed E-state index contributed by atoms with van der Waals surface area (Å²) in [7, 11) is 1.59. The number of hydrogen-bond donors (Lipinski definition) is 1. The molecule has 138 valence electrons. The Balaban J connectivity index is 2.32. The van der Waals surface area contributed by atoms with Gasteiger partial charge in [0.25, 0.3) is 0 Å². The fourth-order valence-corrected chi connectivity index (χ4v) is 3.16. The molecule has 1 atom stereocenters. The molecule has 0 saturated carbocycles. The van der Waals surface area contributed by atoms with Gasteiger partial charge in [-0.05, 0) is 36.1 Å². The molecule has 0 fully saturated rings. The number of nitrogens with one attached hydrogen (secondary N) is 1. The van der Waals surface area contributed by atoms with Gasteiger partial charge < -0.3 is 10.2 Å². The zero-order chi connectivity index (χ0) is 19.1. The lowest BCUT2D eigenvalue weighted by Gasteiger charge is -2.30. The van der Waals surface area contributed by atoms with E-state index in [-0.39, 0.29) is 18.2 Å². The summed E-state index contributed by atoms with van der Waals surface area (Å²) < 4.78 is 0. The molecule has 2 rings (SSSR count). The number of likely N-dealkylation sites (N-methyl/N-ethyl adjacent to an activating group) is 1. The summed E-state index contributed by atoms with van der Waals surface area (Å²) in [5.41, 5.74) is 2.86. The van der Waals surface area contributed by atoms with Crippen molar-refractivity contribution < 1.29 is 9.59 Å². The Bertz CT molecular complexity index is 776. The average Bonchev–Trinajstić information content (AvgIpc) is 2.64. The van der Waals surface area contributed by atoms with Gasteiger partial charge in [-0.3, -0.25) is 9.59 Å². The van der Waals surface area contributed by atoms with Crippen LogP contribution in [0.25, 0.3) is 0 Å². The SMILES string of the molecule is CCC(C(=O)NC)N(Cc1ccccc1Cl)C(=O)Cc1ccccc1C. The fraction of sp³-hybridized carbons (Fsp3) is 0.333. The van der Waals surface area contributed by atoms with Gasteiger partial charge in [0.1, 0.15) is 6.04 Å². The molecule has 0 aliphatic rings. The Morgan fingerprint density at radius 1 is 1.08 bits per heavy atom. The van der Waals surface area contributed by atoms with Crippen molar-refractivity contribution in [1.29, 1.82) is 0 Å². The lowest BCUT2D eigenvalue weighted by atomic mass is 10.0. The van der Waals surface area contributed by atoms with Crippen LogP contribution >= 0.6 is 11.6 Å². The molecule has 0 aliphatic carbocycles. The number of amides is 2. The molecule has 26 heavy (non-hydrogen) atoms. The number of halogens is 1. The molecular formula is C21H25ClN2O2. The molecule has 0 heterocycles. The second kappa shape index (κ2) is 9.39. The molecule has 0 radical (unpaired) electrons. The van der Waals surface area contributed by atoms with E-state index in [1.807, 2.05) is 56.3 Å². The molecule has 0 bridgehead atoms. The van der Waals surface area contributed by atoms with Crippen molar-refractivity contribution in [2.45, 2.75) is 39.3 Å². The van der Waals surface area contributed by atoms with Crippen LogP contribution in [0.5, 0.6) is 0 Å². The third kappa shape index (κ3) is 4.85. The van der Waals surface area contributed by atoms with E-state index in [0.29, 0.717) is 18.0 Å². The number of aryl methyl sites for hydroxylation is 1. The molecule has 4 nitrogen and oxygen atoms in total. The molecule has 2 aromatic carbocycles. The average molecular weight is 373 g/mol. The maximum absolute atomic E-state index is 13.1. The highest BCUT2D eigenvalue weighted by atomic mass is 35.5. The Kier molecular flexibility index (Phi) is 7.22. The maximum atomic E-state index is 13.1. The highest BCUT2D eigenvalue weighted by Crippen LogP contribution is 2.21. The minimum Gasteiger partial charge on any atom is -0.357 e. The van der Waals surface area contributed by atoms with Gasteiger partial charge >= 0.3 is 0 Å². The fourth-order valence-electron chi connectivity index (χ4n) is 2.97. The van der Waals surface area contributed by atoms with Gasteiger partial charge in [0.15, 0.2) is 0 Å². The van der Waals surface area contributed by atoms with E-state index in [1.54, 1.807) is 18.0 Å². The van der Waals surface area contributed by atoms with Gasteiger partial charge in [0.2, 0.25) is 11.8 Å². The van der Waals surface area contributed by atoms with E-state index in [9.17, 15) is 9.59 Å². The van der Waals surface area contributed by atoms with E-state index in [4.69, 9.17) is 11.6 Å². The molecule has 0 spiro atoms. The molecule has 5 heteroatoms. The van der Waals surface area contributed by atoms with Gasteiger partial charge in [0.05, 0.1) is 6.42 Å². The first-order valence-electron chi connectivity index (χ1n) is 8.76. The topological polar surface area (TPSA) is 49.4 Å². The van der Waals surface area contributed by atoms with Crippen molar-refractivity contribution >= 4 is 23.4 Å². The van der Waals surface area contributed by atoms with Crippen LogP contribution in [0.3, 0.4) is 0 Å². The van der Waals surface area contributed by atoms with Crippen molar-refractivity contribution in [2.75, 3.05) is 7.05 Å². The van der Waals surface area contributed by atoms with Crippen LogP contribution in [0.15, 0.2) is 48.5 Å². The summed E-state index contributed by atoms with van der Waals surface area (Å²) in [6, 6.07) is 14.7. The van der Waals surface area contributed by atoms with E-state index < -0.39 is 6.04 Å². The van der Waals surface area contributed by atoms with Crippen molar-refractivity contribution in [3.8, 4) is 0 Å². The summed E-state index contributed by atoms with van der Waals surface area (Å²) in [5, 5.41) is 3.25. The van der Waals surface area contributed by atoms with Gasteiger partial charge in [-0.15, -0.1) is 0 Å². The first-order valence-corrected chi connectivity index (χ1v) is 9.14. The number of carbonyl (C=O) groups excluding carboxylic acids is 2. The van der Waals surface area contributed by atoms with Gasteiger partial charge in [-0.25, -0.2) is 0 Å². The lowest BCUT2D eigenvalue weighted by Crippen LogP contribution is -2.48. The highest BCUT2D eigenvalue weighted by Gasteiger charge is 2.28. The summed E-state index contributed by atoms with van der Waals surface area (Å²) in [5.74, 6) is -0.257. The number of hydrogen-bond acceptors (Lipinski definition) is 2. The minimum atomic E-state index is -0.534. The molecule has 0 aliphatic heterocycles. The summed E-state index contributed by atoms with van der Waals surface area (Å²) in [6.45, 7) is 4.19. The Morgan fingerprint density at radius 3 is 2.27 bits per heavy atom. The van der Waals surface area contributed by atoms with Crippen LogP contribution < -0.4 is 5.32 Å². The van der Waals surface area contributed by atoms with Crippen LogP contribution in [0.2, 0.25) is 5.02 Å². The predicted molar refractivity (Wildman–Crippen MR) is 105 cm³/mol. The van der Waals surface area contributed by atoms with Crippen LogP contribution in [-0.2, 0) is 22.6 Å². The molecule has 2 amide bonds. The maximum Gasteiger partial charge on any atom is 0.242 e. The second-order valence-electron chi connectivity index (χ2n) is 6.25. The van der Waals surface area contributed by atoms with Crippen molar-refractivity contribution in [1.82, 2.24) is 10.2 Å². The molecule has 1 unspecified atom stereocenters. The third-order valence-electron chi connectivity index (χ3n) is 4.53. The third-order valence-corrected chi connectivity index (χ3v) is 4.90. The van der Waals surface area contributed by atoms with Crippen molar-refractivity contribution in [3.63, 3.8) is 0 Å². The lowest BCUT2D eigenvalue weighted by molar-refractivity contribution is -0.140. The van der Waals surface area contributed by atoms with Crippen molar-refractivity contribution in [3.05, 3.63) is 70.2 Å². The minimum absolute atomic E-state index is 0.0883. The summed E-state index contributed by atoms with van der Waals surface area (Å²) in [6.07, 6.45) is 0.786. The van der Waals surface area contributed by atoms with Crippen LogP contribution in [0.1, 0.15) is 30.0 Å². The summed E-state index contributed by atoms with van der Waals surface area (Å²) >= 11 is 6.28. The van der Waals surface area contributed by atoms with Gasteiger partial charge in [-0.2, -0.15) is 0 Å². The summed E-state index contributed by atoms with van der Waals surface area (Å²) in [4.78, 5) is 27.1. The zero-order valence-corrected chi connectivity index (χ0v) is 16.2. The number of nitrogens with zero attached hydrogens (tertiary/aromatic N) is 1. The van der Waals surface area contributed by atoms with Crippen LogP contribution in [-0.4, -0.2) is 29.8 Å². The largest absolute Gasteiger partial charge is 0.357 e. The standard InChI is InChI=1S/C21H25ClN2O2/c1-4-19(21(26)23-3)24(14-17-11-7-8-12-18(17)22)20(25)13-16-10-6-5-9-15(16)2/h5-12,19H,4,13-14H2,1-3H3,(H,23,26). The highest BCUT2D eigenvalue weighted by molar-refractivity contribution is 6.31. The number of rotatable bonds is 7. The Labute approximate surface area is 160 Å². The monoisotopic (exact) mass is 372 g/mol.